The van der Waals surface area contributed by atoms with E-state index in [1.54, 1.807) is 0 Å². The van der Waals surface area contributed by atoms with Gasteiger partial charge in [0.15, 0.2) is 0 Å². The highest BCUT2D eigenvalue weighted by Gasteiger charge is 2.15. The fourth-order valence-corrected chi connectivity index (χ4v) is 3.92. The van der Waals surface area contributed by atoms with Crippen molar-refractivity contribution in [2.75, 3.05) is 5.73 Å². The van der Waals surface area contributed by atoms with Crippen molar-refractivity contribution in [2.45, 2.75) is 38.5 Å². The predicted molar refractivity (Wildman–Crippen MR) is 105 cm³/mol. The maximum Gasteiger partial charge on any atom is 0.203 e. The van der Waals surface area contributed by atoms with Gasteiger partial charge in [-0.3, -0.25) is 0 Å². The van der Waals surface area contributed by atoms with Crippen LogP contribution in [0.1, 0.15) is 40.4 Å². The van der Waals surface area contributed by atoms with Crippen LogP contribution in [-0.2, 0) is 25.7 Å². The minimum absolute atomic E-state index is 0.544. The van der Waals surface area contributed by atoms with Crippen molar-refractivity contribution in [2.24, 2.45) is 0 Å². The van der Waals surface area contributed by atoms with Gasteiger partial charge in [-0.05, 0) is 42.9 Å². The summed E-state index contributed by atoms with van der Waals surface area (Å²) in [7, 11) is 0. The molecule has 0 saturated heterocycles. The van der Waals surface area contributed by atoms with Gasteiger partial charge in [0.05, 0.1) is 11.4 Å². The van der Waals surface area contributed by atoms with Crippen LogP contribution in [0.5, 0.6) is 0 Å². The zero-order valence-corrected chi connectivity index (χ0v) is 15.4. The number of fused-ring (bicyclic) bond motifs is 1. The van der Waals surface area contributed by atoms with Gasteiger partial charge in [-0.2, -0.15) is 10.2 Å². The third-order valence-electron chi connectivity index (χ3n) is 4.54. The summed E-state index contributed by atoms with van der Waals surface area (Å²) in [5.41, 5.74) is 11.8. The molecule has 4 rings (SSSR count). The monoisotopic (exact) mass is 363 g/mol. The van der Waals surface area contributed by atoms with Crippen LogP contribution in [0, 0.1) is 0 Å². The molecule has 0 saturated carbocycles. The van der Waals surface area contributed by atoms with Crippen LogP contribution in [-0.4, -0.2) is 20.4 Å². The second-order valence-corrected chi connectivity index (χ2v) is 7.71. The number of hydrogen-bond donors (Lipinski definition) is 1. The summed E-state index contributed by atoms with van der Waals surface area (Å²) in [5.74, 6) is 0. The van der Waals surface area contributed by atoms with Crippen LogP contribution in [0.2, 0.25) is 0 Å². The zero-order chi connectivity index (χ0) is 17.8. The summed E-state index contributed by atoms with van der Waals surface area (Å²) >= 11 is 1.47. The molecular formula is C20H21N5S. The molecule has 0 aliphatic heterocycles. The first-order chi connectivity index (χ1) is 12.8. The number of aryl methyl sites for hydroxylation is 2. The first kappa shape index (κ1) is 16.8. The number of hydrogen-bond acceptors (Lipinski definition) is 6. The number of allylic oxidation sites excluding steroid dienone is 1. The average molecular weight is 363 g/mol. The summed E-state index contributed by atoms with van der Waals surface area (Å²) in [4.78, 5) is 0. The van der Waals surface area contributed by atoms with E-state index < -0.39 is 0 Å². The molecule has 3 aromatic rings. The standard InChI is InChI=1S/C20H21N5S/c21-20-25-24-19(26-20)9-5-4-8-17-13-16-11-15(12-18(16)23-22-17)10-14-6-2-1-3-7-14/h1-3,6-7,11,13H,4-5,8-10,12H2,(H2,21,25). The lowest BCUT2D eigenvalue weighted by molar-refractivity contribution is 0.704. The first-order valence-electron chi connectivity index (χ1n) is 8.93. The van der Waals surface area contributed by atoms with Gasteiger partial charge in [0, 0.05) is 12.8 Å². The molecule has 1 aliphatic carbocycles. The largest absolute Gasteiger partial charge is 0.374 e. The number of nitrogens with two attached hydrogens (primary N) is 1. The van der Waals surface area contributed by atoms with E-state index in [0.717, 1.165) is 54.9 Å². The molecule has 0 atom stereocenters. The Labute approximate surface area is 157 Å². The van der Waals surface area contributed by atoms with Gasteiger partial charge >= 0.3 is 0 Å². The van der Waals surface area contributed by atoms with Crippen LogP contribution in [0.4, 0.5) is 5.13 Å². The third-order valence-corrected chi connectivity index (χ3v) is 5.35. The molecule has 2 heterocycles. The highest BCUT2D eigenvalue weighted by molar-refractivity contribution is 7.15. The van der Waals surface area contributed by atoms with Crippen LogP contribution in [0.3, 0.4) is 0 Å². The lowest BCUT2D eigenvalue weighted by Gasteiger charge is -2.02. The minimum Gasteiger partial charge on any atom is -0.374 e. The molecule has 132 valence electrons. The Morgan fingerprint density at radius 1 is 0.962 bits per heavy atom. The number of unbranched alkanes of at least 4 members (excludes halogenated alkanes) is 1. The maximum atomic E-state index is 5.61. The van der Waals surface area contributed by atoms with E-state index in [-0.39, 0.29) is 0 Å². The van der Waals surface area contributed by atoms with E-state index in [9.17, 15) is 0 Å². The summed E-state index contributed by atoms with van der Waals surface area (Å²) < 4.78 is 0. The molecule has 2 aromatic heterocycles. The van der Waals surface area contributed by atoms with Crippen molar-refractivity contribution in [1.82, 2.24) is 20.4 Å². The normalized spacial score (nSPS) is 12.8. The first-order valence-corrected chi connectivity index (χ1v) is 9.74. The number of nitrogen functional groups attached to an aromatic ring is 1. The van der Waals surface area contributed by atoms with Gasteiger partial charge in [0.2, 0.25) is 5.13 Å². The van der Waals surface area contributed by atoms with Crippen LogP contribution in [0.25, 0.3) is 6.08 Å². The Bertz CT molecular complexity index is 917. The molecule has 2 N–H and O–H groups in total. The lowest BCUT2D eigenvalue weighted by Crippen LogP contribution is -1.99. The quantitative estimate of drug-likeness (QED) is 0.648. The molecule has 1 aliphatic rings. The Kier molecular flexibility index (Phi) is 5.02. The fraction of sp³-hybridized carbons (Fsp3) is 0.300. The molecule has 0 amide bonds. The van der Waals surface area contributed by atoms with Crippen molar-refractivity contribution >= 4 is 22.5 Å². The van der Waals surface area contributed by atoms with Crippen LogP contribution < -0.4 is 5.73 Å². The summed E-state index contributed by atoms with van der Waals surface area (Å²) in [6, 6.07) is 12.8. The third kappa shape index (κ3) is 4.14. The number of rotatable bonds is 7. The summed E-state index contributed by atoms with van der Waals surface area (Å²) in [6.45, 7) is 0. The second-order valence-electron chi connectivity index (χ2n) is 6.62. The summed E-state index contributed by atoms with van der Waals surface area (Å²) in [6.07, 6.45) is 8.17. The number of nitrogens with zero attached hydrogens (tertiary/aromatic N) is 4. The maximum absolute atomic E-state index is 5.61. The van der Waals surface area contributed by atoms with Gasteiger partial charge in [-0.25, -0.2) is 0 Å². The number of aromatic nitrogens is 4. The Morgan fingerprint density at radius 2 is 1.81 bits per heavy atom. The van der Waals surface area contributed by atoms with E-state index >= 15 is 0 Å². The Morgan fingerprint density at radius 3 is 2.62 bits per heavy atom. The van der Waals surface area contributed by atoms with Gasteiger partial charge in [0.25, 0.3) is 0 Å². The molecule has 0 bridgehead atoms. The lowest BCUT2D eigenvalue weighted by atomic mass is 10.0. The smallest absolute Gasteiger partial charge is 0.203 e. The van der Waals surface area contributed by atoms with Gasteiger partial charge in [-0.1, -0.05) is 53.3 Å². The molecule has 5 nitrogen and oxygen atoms in total. The van der Waals surface area contributed by atoms with E-state index in [0.29, 0.717) is 5.13 Å². The number of anilines is 1. The van der Waals surface area contributed by atoms with Crippen LogP contribution >= 0.6 is 11.3 Å². The molecule has 0 spiro atoms. The molecule has 0 fully saturated rings. The van der Waals surface area contributed by atoms with Crippen molar-refractivity contribution in [3.8, 4) is 0 Å². The van der Waals surface area contributed by atoms with E-state index in [1.165, 1.54) is 28.0 Å². The molecule has 6 heteroatoms. The van der Waals surface area contributed by atoms with E-state index in [2.05, 4.69) is 62.9 Å². The highest BCUT2D eigenvalue weighted by Crippen LogP contribution is 2.26. The fourth-order valence-electron chi connectivity index (χ4n) is 3.27. The second kappa shape index (κ2) is 7.74. The number of benzene rings is 1. The SMILES string of the molecule is Nc1nnc(CCCCc2cc3c(nn2)CC(Cc2ccccc2)=C3)s1. The summed E-state index contributed by atoms with van der Waals surface area (Å²) in [5, 5.41) is 18.3. The van der Waals surface area contributed by atoms with Crippen molar-refractivity contribution in [3.63, 3.8) is 0 Å². The van der Waals surface area contributed by atoms with Crippen molar-refractivity contribution in [1.29, 1.82) is 0 Å². The minimum atomic E-state index is 0.544. The molecule has 26 heavy (non-hydrogen) atoms. The van der Waals surface area contributed by atoms with Gasteiger partial charge < -0.3 is 5.73 Å². The molecule has 0 radical (unpaired) electrons. The molecule has 1 aromatic carbocycles. The van der Waals surface area contributed by atoms with Crippen molar-refractivity contribution in [3.05, 3.63) is 69.5 Å². The Balaban J connectivity index is 1.32. The average Bonchev–Trinajstić information content (AvgIpc) is 3.24. The Hall–Kier alpha value is -2.60. The van der Waals surface area contributed by atoms with Gasteiger partial charge in [0.1, 0.15) is 5.01 Å². The predicted octanol–water partition coefficient (Wildman–Crippen LogP) is 3.66. The molecular weight excluding hydrogens is 342 g/mol. The highest BCUT2D eigenvalue weighted by atomic mass is 32.1. The molecule has 0 unspecified atom stereocenters. The van der Waals surface area contributed by atoms with Crippen LogP contribution in [0.15, 0.2) is 42.0 Å². The van der Waals surface area contributed by atoms with Crippen molar-refractivity contribution < 1.29 is 0 Å². The van der Waals surface area contributed by atoms with E-state index in [1.807, 2.05) is 0 Å². The van der Waals surface area contributed by atoms with E-state index in [4.69, 9.17) is 5.73 Å². The zero-order valence-electron chi connectivity index (χ0n) is 14.6. The topological polar surface area (TPSA) is 77.6 Å². The van der Waals surface area contributed by atoms with Gasteiger partial charge in [-0.15, -0.1) is 10.2 Å².